The molecule has 10 aromatic carbocycles. The van der Waals surface area contributed by atoms with Crippen LogP contribution in [0.15, 0.2) is 237 Å². The van der Waals surface area contributed by atoms with Gasteiger partial charge in [0.2, 0.25) is 0 Å². The number of hydrogen-bond acceptors (Lipinski definition) is 3. The summed E-state index contributed by atoms with van der Waals surface area (Å²) in [6, 6.07) is 86.6. The minimum Gasteiger partial charge on any atom is -0.310 e. The van der Waals surface area contributed by atoms with Gasteiger partial charge in [-0.1, -0.05) is 182 Å². The van der Waals surface area contributed by atoms with Gasteiger partial charge in [-0.15, -0.1) is 22.7 Å². The van der Waals surface area contributed by atoms with Gasteiger partial charge in [0.15, 0.2) is 0 Å². The summed E-state index contributed by atoms with van der Waals surface area (Å²) < 4.78 is 5.29. The first-order valence-electron chi connectivity index (χ1n) is 21.4. The normalized spacial score (nSPS) is 11.5. The van der Waals surface area contributed by atoms with Crippen molar-refractivity contribution in [2.24, 2.45) is 0 Å². The van der Waals surface area contributed by atoms with Gasteiger partial charge in [0.1, 0.15) is 0 Å². The van der Waals surface area contributed by atoms with E-state index in [0.717, 1.165) is 22.6 Å². The molecule has 2 aromatic heterocycles. The zero-order valence-corrected chi connectivity index (χ0v) is 35.9. The van der Waals surface area contributed by atoms with Crippen LogP contribution in [-0.4, -0.2) is 0 Å². The largest absolute Gasteiger partial charge is 0.310 e. The Hall–Kier alpha value is -7.56. The highest BCUT2D eigenvalue weighted by Gasteiger charge is 2.18. The van der Waals surface area contributed by atoms with Crippen LogP contribution < -0.4 is 4.90 Å². The van der Waals surface area contributed by atoms with Crippen molar-refractivity contribution in [2.45, 2.75) is 0 Å². The molecule has 12 aromatic rings. The predicted octanol–water partition coefficient (Wildman–Crippen LogP) is 18.2. The van der Waals surface area contributed by atoms with E-state index in [0.29, 0.717) is 0 Å². The maximum Gasteiger partial charge on any atom is 0.0473 e. The molecule has 3 heteroatoms. The summed E-state index contributed by atoms with van der Waals surface area (Å²) in [7, 11) is 0. The Labute approximate surface area is 375 Å². The Kier molecular flexibility index (Phi) is 9.29. The Balaban J connectivity index is 1.00. The highest BCUT2D eigenvalue weighted by molar-refractivity contribution is 7.26. The Morgan fingerprint density at radius 3 is 1.08 bits per heavy atom. The third kappa shape index (κ3) is 6.79. The van der Waals surface area contributed by atoms with Crippen LogP contribution in [0.4, 0.5) is 17.1 Å². The molecule has 0 aliphatic heterocycles. The van der Waals surface area contributed by atoms with Gasteiger partial charge in [-0.2, -0.15) is 0 Å². The van der Waals surface area contributed by atoms with Crippen molar-refractivity contribution < 1.29 is 0 Å². The molecule has 2 heterocycles. The molecule has 63 heavy (non-hydrogen) atoms. The molecule has 0 saturated heterocycles. The van der Waals surface area contributed by atoms with Crippen LogP contribution >= 0.6 is 22.7 Å². The second-order valence-corrected chi connectivity index (χ2v) is 18.2. The van der Waals surface area contributed by atoms with Gasteiger partial charge in [0, 0.05) is 57.4 Å². The third-order valence-electron chi connectivity index (χ3n) is 12.3. The Bertz CT molecular complexity index is 3430. The van der Waals surface area contributed by atoms with E-state index in [9.17, 15) is 0 Å². The molecular formula is C60H39NS2. The fourth-order valence-electron chi connectivity index (χ4n) is 9.17. The molecule has 0 bridgehead atoms. The smallest absolute Gasteiger partial charge is 0.0473 e. The van der Waals surface area contributed by atoms with Gasteiger partial charge < -0.3 is 4.90 Å². The molecule has 0 saturated carbocycles. The summed E-state index contributed by atoms with van der Waals surface area (Å²) in [4.78, 5) is 2.42. The molecule has 0 aliphatic carbocycles. The summed E-state index contributed by atoms with van der Waals surface area (Å²) in [5.41, 5.74) is 15.3. The lowest BCUT2D eigenvalue weighted by Gasteiger charge is -2.27. The van der Waals surface area contributed by atoms with E-state index < -0.39 is 0 Å². The number of nitrogens with zero attached hydrogens (tertiary/aromatic N) is 1. The van der Waals surface area contributed by atoms with Crippen LogP contribution in [0, 0.1) is 0 Å². The van der Waals surface area contributed by atoms with Crippen LogP contribution in [0.1, 0.15) is 0 Å². The van der Waals surface area contributed by atoms with Crippen molar-refractivity contribution in [3.63, 3.8) is 0 Å². The van der Waals surface area contributed by atoms with E-state index in [1.165, 1.54) is 90.4 Å². The molecule has 0 N–H and O–H groups in total. The molecule has 0 unspecified atom stereocenters. The minimum atomic E-state index is 1.09. The fraction of sp³-hybridized carbons (Fsp3) is 0. The van der Waals surface area contributed by atoms with Crippen LogP contribution in [0.3, 0.4) is 0 Å². The molecule has 296 valence electrons. The maximum atomic E-state index is 2.42. The standard InChI is InChI=1S/C60H39NS2/c1-3-13-40(14-4-1)42-25-27-43(28-26-42)47-37-46(41-15-5-2-6-16-41)38-50(39-47)61(48-33-29-44(30-34-48)51-19-11-21-55-53-17-7-9-23-57(53)62-59(51)55)49-35-31-45(32-36-49)52-20-12-22-56-54-18-8-10-24-58(54)63-60(52)56/h1-39H. The lowest BCUT2D eigenvalue weighted by atomic mass is 9.95. The first-order valence-corrected chi connectivity index (χ1v) is 23.0. The van der Waals surface area contributed by atoms with E-state index in [1.807, 2.05) is 22.7 Å². The van der Waals surface area contributed by atoms with Crippen LogP contribution in [0.2, 0.25) is 0 Å². The van der Waals surface area contributed by atoms with Crippen molar-refractivity contribution in [3.8, 4) is 55.6 Å². The predicted molar refractivity (Wildman–Crippen MR) is 274 cm³/mol. The van der Waals surface area contributed by atoms with Gasteiger partial charge in [-0.3, -0.25) is 0 Å². The summed E-state index contributed by atoms with van der Waals surface area (Å²) >= 11 is 3.75. The molecule has 12 rings (SSSR count). The minimum absolute atomic E-state index is 1.09. The average Bonchev–Trinajstić information content (AvgIpc) is 3.94. The highest BCUT2D eigenvalue weighted by Crippen LogP contribution is 2.45. The molecule has 0 spiro atoms. The zero-order chi connectivity index (χ0) is 41.7. The maximum absolute atomic E-state index is 2.42. The van der Waals surface area contributed by atoms with Gasteiger partial charge in [-0.25, -0.2) is 0 Å². The summed E-state index contributed by atoms with van der Waals surface area (Å²) in [6.45, 7) is 0. The summed E-state index contributed by atoms with van der Waals surface area (Å²) in [5.74, 6) is 0. The molecule has 0 fully saturated rings. The number of rotatable bonds is 8. The molecule has 0 atom stereocenters. The van der Waals surface area contributed by atoms with E-state index in [1.54, 1.807) is 0 Å². The molecule has 1 nitrogen and oxygen atoms in total. The molecule has 0 amide bonds. The van der Waals surface area contributed by atoms with Crippen molar-refractivity contribution in [3.05, 3.63) is 237 Å². The van der Waals surface area contributed by atoms with E-state index in [-0.39, 0.29) is 0 Å². The molecular weight excluding hydrogens is 799 g/mol. The van der Waals surface area contributed by atoms with Crippen molar-refractivity contribution in [2.75, 3.05) is 4.90 Å². The fourth-order valence-corrected chi connectivity index (χ4v) is 11.6. The number of fused-ring (bicyclic) bond motifs is 6. The summed E-state index contributed by atoms with van der Waals surface area (Å²) in [6.07, 6.45) is 0. The van der Waals surface area contributed by atoms with Crippen molar-refractivity contribution in [1.82, 2.24) is 0 Å². The quantitative estimate of drug-likeness (QED) is 0.147. The van der Waals surface area contributed by atoms with Crippen LogP contribution in [0.25, 0.3) is 96.0 Å². The van der Waals surface area contributed by atoms with Crippen LogP contribution in [-0.2, 0) is 0 Å². The highest BCUT2D eigenvalue weighted by atomic mass is 32.1. The Morgan fingerprint density at radius 1 is 0.238 bits per heavy atom. The van der Waals surface area contributed by atoms with Crippen LogP contribution in [0.5, 0.6) is 0 Å². The second-order valence-electron chi connectivity index (χ2n) is 16.1. The first kappa shape index (κ1) is 37.2. The van der Waals surface area contributed by atoms with Gasteiger partial charge in [0.05, 0.1) is 0 Å². The topological polar surface area (TPSA) is 3.24 Å². The van der Waals surface area contributed by atoms with Crippen molar-refractivity contribution in [1.29, 1.82) is 0 Å². The zero-order valence-electron chi connectivity index (χ0n) is 34.3. The summed E-state index contributed by atoms with van der Waals surface area (Å²) in [5, 5.41) is 5.26. The lowest BCUT2D eigenvalue weighted by molar-refractivity contribution is 1.28. The average molecular weight is 838 g/mol. The van der Waals surface area contributed by atoms with Gasteiger partial charge >= 0.3 is 0 Å². The van der Waals surface area contributed by atoms with E-state index in [2.05, 4.69) is 241 Å². The van der Waals surface area contributed by atoms with E-state index in [4.69, 9.17) is 0 Å². The van der Waals surface area contributed by atoms with Gasteiger partial charge in [-0.05, 0) is 110 Å². The number of thiophene rings is 2. The lowest BCUT2D eigenvalue weighted by Crippen LogP contribution is -2.10. The Morgan fingerprint density at radius 2 is 0.603 bits per heavy atom. The molecule has 0 radical (unpaired) electrons. The first-order chi connectivity index (χ1) is 31.2. The number of anilines is 3. The number of hydrogen-bond donors (Lipinski definition) is 0. The molecule has 0 aliphatic rings. The van der Waals surface area contributed by atoms with Gasteiger partial charge in [0.25, 0.3) is 0 Å². The monoisotopic (exact) mass is 837 g/mol. The number of benzene rings is 10. The third-order valence-corrected chi connectivity index (χ3v) is 14.7. The second kappa shape index (κ2) is 15.7. The SMILES string of the molecule is c1ccc(-c2ccc(-c3cc(-c4ccccc4)cc(N(c4ccc(-c5cccc6c5sc5ccccc56)cc4)c4ccc(-c5cccc6c5sc5ccccc56)cc4)c3)cc2)cc1. The van der Waals surface area contributed by atoms with Crippen molar-refractivity contribution >= 4 is 80.1 Å². The van der Waals surface area contributed by atoms with E-state index >= 15 is 0 Å².